The first kappa shape index (κ1) is 21.5. The molecular weight excluding hydrogens is 435 g/mol. The minimum Gasteiger partial charge on any atom is -0.457 e. The highest BCUT2D eigenvalue weighted by Crippen LogP contribution is 2.29. The number of amides is 2. The van der Waals surface area contributed by atoms with Crippen molar-refractivity contribution in [3.63, 3.8) is 0 Å². The number of rotatable bonds is 4. The third-order valence-corrected chi connectivity index (χ3v) is 6.83. The van der Waals surface area contributed by atoms with E-state index in [0.29, 0.717) is 5.75 Å². The summed E-state index contributed by atoms with van der Waals surface area (Å²) in [6.45, 7) is 0. The van der Waals surface area contributed by atoms with Gasteiger partial charge in [0.1, 0.15) is 23.4 Å². The Morgan fingerprint density at radius 2 is 1.72 bits per heavy atom. The highest BCUT2D eigenvalue weighted by molar-refractivity contribution is 7.91. The standard InChI is InChI=1S/C23H19FN2O5S/c1-26-20-9-5-6-10-21(20)32(29,30)14-19(23(26)28)25-22(27)17-13-16(11-12-18(17)24)31-15-7-3-2-4-8-15/h2-13,19H,14H2,1H3,(H,25,27)/t19-/m0/s1. The number of benzene rings is 3. The maximum absolute atomic E-state index is 14.4. The monoisotopic (exact) mass is 454 g/mol. The zero-order chi connectivity index (χ0) is 22.9. The third-order valence-electron chi connectivity index (χ3n) is 5.04. The molecule has 0 fully saturated rings. The molecule has 2 amide bonds. The van der Waals surface area contributed by atoms with E-state index in [1.54, 1.807) is 36.4 Å². The highest BCUT2D eigenvalue weighted by atomic mass is 32.2. The quantitative estimate of drug-likeness (QED) is 0.654. The molecular formula is C23H19FN2O5S. The van der Waals surface area contributed by atoms with E-state index in [1.165, 1.54) is 36.2 Å². The van der Waals surface area contributed by atoms with Gasteiger partial charge in [0.15, 0.2) is 9.84 Å². The summed E-state index contributed by atoms with van der Waals surface area (Å²) in [5.41, 5.74) is -0.147. The second-order valence-electron chi connectivity index (χ2n) is 7.23. The van der Waals surface area contributed by atoms with Crippen molar-refractivity contribution in [3.8, 4) is 11.5 Å². The Bertz CT molecular complexity index is 1290. The minimum absolute atomic E-state index is 0.00274. The molecule has 4 rings (SSSR count). The number of halogens is 1. The van der Waals surface area contributed by atoms with Crippen LogP contribution in [0.15, 0.2) is 77.7 Å². The molecule has 164 valence electrons. The predicted octanol–water partition coefficient (Wildman–Crippen LogP) is 3.17. The molecule has 3 aromatic rings. The fourth-order valence-corrected chi connectivity index (χ4v) is 5.09. The molecule has 0 aromatic heterocycles. The number of carbonyl (C=O) groups is 2. The number of likely N-dealkylation sites (N-methyl/N-ethyl adjacent to an activating group) is 1. The van der Waals surface area contributed by atoms with E-state index in [9.17, 15) is 22.4 Å². The van der Waals surface area contributed by atoms with E-state index in [4.69, 9.17) is 4.74 Å². The van der Waals surface area contributed by atoms with E-state index in [0.717, 1.165) is 6.07 Å². The number of hydrogen-bond donors (Lipinski definition) is 1. The van der Waals surface area contributed by atoms with E-state index in [1.807, 2.05) is 6.07 Å². The minimum atomic E-state index is -3.88. The van der Waals surface area contributed by atoms with Crippen molar-refractivity contribution in [2.24, 2.45) is 0 Å². The normalized spacial score (nSPS) is 17.2. The summed E-state index contributed by atoms with van der Waals surface area (Å²) in [6.07, 6.45) is 0. The summed E-state index contributed by atoms with van der Waals surface area (Å²) < 4.78 is 45.7. The lowest BCUT2D eigenvalue weighted by Crippen LogP contribution is -2.49. The zero-order valence-electron chi connectivity index (χ0n) is 17.0. The van der Waals surface area contributed by atoms with Crippen LogP contribution < -0.4 is 15.0 Å². The van der Waals surface area contributed by atoms with Crippen LogP contribution in [-0.4, -0.2) is 39.1 Å². The van der Waals surface area contributed by atoms with Crippen LogP contribution in [0.25, 0.3) is 0 Å². The Morgan fingerprint density at radius 1 is 1.03 bits per heavy atom. The van der Waals surface area contributed by atoms with E-state index in [2.05, 4.69) is 5.32 Å². The van der Waals surface area contributed by atoms with Crippen LogP contribution in [0, 0.1) is 5.82 Å². The van der Waals surface area contributed by atoms with Crippen LogP contribution in [-0.2, 0) is 14.6 Å². The number of nitrogens with zero attached hydrogens (tertiary/aromatic N) is 1. The predicted molar refractivity (Wildman–Crippen MR) is 116 cm³/mol. The van der Waals surface area contributed by atoms with Gasteiger partial charge in [0.2, 0.25) is 5.91 Å². The first-order chi connectivity index (χ1) is 15.3. The van der Waals surface area contributed by atoms with Crippen molar-refractivity contribution in [2.45, 2.75) is 10.9 Å². The second kappa shape index (κ2) is 8.43. The lowest BCUT2D eigenvalue weighted by atomic mass is 10.1. The van der Waals surface area contributed by atoms with Gasteiger partial charge in [-0.15, -0.1) is 0 Å². The van der Waals surface area contributed by atoms with Gasteiger partial charge in [-0.2, -0.15) is 0 Å². The number of ether oxygens (including phenoxy) is 1. The van der Waals surface area contributed by atoms with Gasteiger partial charge in [-0.25, -0.2) is 12.8 Å². The number of para-hydroxylation sites is 2. The van der Waals surface area contributed by atoms with Gasteiger partial charge in [-0.05, 0) is 42.5 Å². The number of nitrogens with one attached hydrogen (secondary N) is 1. The largest absolute Gasteiger partial charge is 0.457 e. The maximum Gasteiger partial charge on any atom is 0.255 e. The summed E-state index contributed by atoms with van der Waals surface area (Å²) in [6, 6.07) is 17.1. The number of fused-ring (bicyclic) bond motifs is 1. The Balaban J connectivity index is 1.60. The summed E-state index contributed by atoms with van der Waals surface area (Å²) in [5, 5.41) is 2.37. The molecule has 1 aliphatic heterocycles. The summed E-state index contributed by atoms with van der Waals surface area (Å²) in [4.78, 5) is 26.9. The maximum atomic E-state index is 14.4. The smallest absolute Gasteiger partial charge is 0.255 e. The number of sulfone groups is 1. The molecule has 0 unspecified atom stereocenters. The highest BCUT2D eigenvalue weighted by Gasteiger charge is 2.37. The van der Waals surface area contributed by atoms with E-state index in [-0.39, 0.29) is 21.9 Å². The van der Waals surface area contributed by atoms with Crippen LogP contribution in [0.3, 0.4) is 0 Å². The van der Waals surface area contributed by atoms with Crippen LogP contribution in [0.4, 0.5) is 10.1 Å². The van der Waals surface area contributed by atoms with Crippen molar-refractivity contribution in [1.82, 2.24) is 5.32 Å². The van der Waals surface area contributed by atoms with Gasteiger partial charge in [0.05, 0.1) is 21.9 Å². The molecule has 0 spiro atoms. The zero-order valence-corrected chi connectivity index (χ0v) is 17.8. The van der Waals surface area contributed by atoms with Crippen LogP contribution in [0.2, 0.25) is 0 Å². The Kier molecular flexibility index (Phi) is 5.67. The third kappa shape index (κ3) is 4.19. The molecule has 0 bridgehead atoms. The molecule has 32 heavy (non-hydrogen) atoms. The Morgan fingerprint density at radius 3 is 2.47 bits per heavy atom. The fourth-order valence-electron chi connectivity index (χ4n) is 3.44. The SMILES string of the molecule is CN1C(=O)[C@@H](NC(=O)c2cc(Oc3ccccc3)ccc2F)CS(=O)(=O)c2ccccc21. The second-order valence-corrected chi connectivity index (χ2v) is 9.23. The van der Waals surface area contributed by atoms with Crippen molar-refractivity contribution in [2.75, 3.05) is 17.7 Å². The van der Waals surface area contributed by atoms with E-state index < -0.39 is 39.3 Å². The molecule has 1 atom stereocenters. The molecule has 1 heterocycles. The van der Waals surface area contributed by atoms with Crippen LogP contribution >= 0.6 is 0 Å². The number of hydrogen-bond acceptors (Lipinski definition) is 5. The first-order valence-electron chi connectivity index (χ1n) is 9.69. The Labute approximate surface area is 184 Å². The van der Waals surface area contributed by atoms with Crippen molar-refractivity contribution in [3.05, 3.63) is 84.2 Å². The average Bonchev–Trinajstić information content (AvgIpc) is 2.85. The Hall–Kier alpha value is -3.72. The van der Waals surface area contributed by atoms with Crippen molar-refractivity contribution >= 4 is 27.3 Å². The van der Waals surface area contributed by atoms with Crippen molar-refractivity contribution in [1.29, 1.82) is 0 Å². The molecule has 0 saturated heterocycles. The molecule has 3 aromatic carbocycles. The average molecular weight is 454 g/mol. The van der Waals surface area contributed by atoms with Gasteiger partial charge >= 0.3 is 0 Å². The van der Waals surface area contributed by atoms with Gasteiger partial charge in [0.25, 0.3) is 5.91 Å². The van der Waals surface area contributed by atoms with Gasteiger partial charge in [-0.1, -0.05) is 30.3 Å². The molecule has 0 aliphatic carbocycles. The number of carbonyl (C=O) groups excluding carboxylic acids is 2. The lowest BCUT2D eigenvalue weighted by Gasteiger charge is -2.21. The summed E-state index contributed by atoms with van der Waals surface area (Å²) in [7, 11) is -2.45. The van der Waals surface area contributed by atoms with Gasteiger partial charge in [-0.3, -0.25) is 9.59 Å². The lowest BCUT2D eigenvalue weighted by molar-refractivity contribution is -0.119. The van der Waals surface area contributed by atoms with Crippen molar-refractivity contribution < 1.29 is 27.1 Å². The fraction of sp³-hybridized carbons (Fsp3) is 0.130. The summed E-state index contributed by atoms with van der Waals surface area (Å²) in [5.74, 6) is -2.30. The molecule has 9 heteroatoms. The molecule has 1 aliphatic rings. The van der Waals surface area contributed by atoms with E-state index >= 15 is 0 Å². The topological polar surface area (TPSA) is 92.8 Å². The summed E-state index contributed by atoms with van der Waals surface area (Å²) >= 11 is 0. The molecule has 0 saturated carbocycles. The molecule has 1 N–H and O–H groups in total. The molecule has 0 radical (unpaired) electrons. The number of anilines is 1. The van der Waals surface area contributed by atoms with Crippen LogP contribution in [0.1, 0.15) is 10.4 Å². The first-order valence-corrected chi connectivity index (χ1v) is 11.3. The van der Waals surface area contributed by atoms with Gasteiger partial charge in [0, 0.05) is 7.05 Å². The van der Waals surface area contributed by atoms with Crippen LogP contribution in [0.5, 0.6) is 11.5 Å². The molecule has 7 nitrogen and oxygen atoms in total. The van der Waals surface area contributed by atoms with Gasteiger partial charge < -0.3 is 15.0 Å².